The van der Waals surface area contributed by atoms with Gasteiger partial charge in [0.05, 0.1) is 18.0 Å². The van der Waals surface area contributed by atoms with Gasteiger partial charge in [0.2, 0.25) is 0 Å². The van der Waals surface area contributed by atoms with Crippen molar-refractivity contribution in [3.05, 3.63) is 23.8 Å². The number of benzene rings is 1. The van der Waals surface area contributed by atoms with Crippen LogP contribution >= 0.6 is 0 Å². The summed E-state index contributed by atoms with van der Waals surface area (Å²) in [5, 5.41) is 11.5. The third kappa shape index (κ3) is 2.32. The molecule has 1 rings (SSSR count). The van der Waals surface area contributed by atoms with Crippen molar-refractivity contribution in [2.75, 3.05) is 17.7 Å². The first-order valence-corrected chi connectivity index (χ1v) is 4.16. The predicted molar refractivity (Wildman–Crippen MR) is 50.9 cm³/mol. The molecule has 0 saturated carbocycles. The van der Waals surface area contributed by atoms with Gasteiger partial charge in [-0.25, -0.2) is 8.78 Å². The Balaban J connectivity index is 2.92. The maximum Gasteiger partial charge on any atom is 0.161 e. The number of aliphatic hydroxyl groups is 1. The van der Waals surface area contributed by atoms with Crippen molar-refractivity contribution in [1.29, 1.82) is 0 Å². The van der Waals surface area contributed by atoms with Gasteiger partial charge in [0.25, 0.3) is 0 Å². The summed E-state index contributed by atoms with van der Waals surface area (Å²) in [7, 11) is 0. The Hall–Kier alpha value is -1.36. The van der Waals surface area contributed by atoms with Crippen LogP contribution in [-0.4, -0.2) is 17.8 Å². The average molecular weight is 202 g/mol. The Morgan fingerprint density at radius 2 is 2.00 bits per heavy atom. The van der Waals surface area contributed by atoms with Gasteiger partial charge in [-0.1, -0.05) is 0 Å². The van der Waals surface area contributed by atoms with Crippen molar-refractivity contribution in [3.8, 4) is 0 Å². The highest BCUT2D eigenvalue weighted by Gasteiger charge is 2.09. The molecule has 5 heteroatoms. The molecule has 0 aliphatic carbocycles. The maximum atomic E-state index is 12.8. The molecule has 1 aromatic rings. The minimum absolute atomic E-state index is 0.113. The Morgan fingerprint density at radius 1 is 1.43 bits per heavy atom. The zero-order valence-corrected chi connectivity index (χ0v) is 7.72. The Morgan fingerprint density at radius 3 is 2.57 bits per heavy atom. The SMILES string of the molecule is CC(CO)Nc1cc(F)c(F)cc1N. The van der Waals surface area contributed by atoms with E-state index in [2.05, 4.69) is 5.32 Å². The molecule has 0 fully saturated rings. The minimum atomic E-state index is -0.982. The quantitative estimate of drug-likeness (QED) is 0.648. The molecule has 0 heterocycles. The second-order valence-corrected chi connectivity index (χ2v) is 3.08. The molecular formula is C9H12F2N2O. The van der Waals surface area contributed by atoms with E-state index in [9.17, 15) is 8.78 Å². The number of aliphatic hydroxyl groups excluding tert-OH is 1. The Kier molecular flexibility index (Phi) is 3.24. The van der Waals surface area contributed by atoms with E-state index in [4.69, 9.17) is 10.8 Å². The van der Waals surface area contributed by atoms with Crippen molar-refractivity contribution in [3.63, 3.8) is 0 Å². The number of nitrogens with one attached hydrogen (secondary N) is 1. The molecule has 0 aromatic heterocycles. The highest BCUT2D eigenvalue weighted by Crippen LogP contribution is 2.22. The lowest BCUT2D eigenvalue weighted by Crippen LogP contribution is -2.20. The van der Waals surface area contributed by atoms with Crippen LogP contribution in [0.25, 0.3) is 0 Å². The van der Waals surface area contributed by atoms with Crippen molar-refractivity contribution >= 4 is 11.4 Å². The second-order valence-electron chi connectivity index (χ2n) is 3.08. The van der Waals surface area contributed by atoms with Crippen LogP contribution in [0.2, 0.25) is 0 Å². The zero-order chi connectivity index (χ0) is 10.7. The zero-order valence-electron chi connectivity index (χ0n) is 7.72. The normalized spacial score (nSPS) is 12.6. The first-order chi connectivity index (χ1) is 6.54. The lowest BCUT2D eigenvalue weighted by molar-refractivity contribution is 0.281. The number of rotatable bonds is 3. The van der Waals surface area contributed by atoms with Gasteiger partial charge in [-0.15, -0.1) is 0 Å². The van der Waals surface area contributed by atoms with E-state index >= 15 is 0 Å². The van der Waals surface area contributed by atoms with Gasteiger partial charge < -0.3 is 16.2 Å². The summed E-state index contributed by atoms with van der Waals surface area (Å²) in [4.78, 5) is 0. The first-order valence-electron chi connectivity index (χ1n) is 4.16. The van der Waals surface area contributed by atoms with E-state index in [1.165, 1.54) is 0 Å². The van der Waals surface area contributed by atoms with E-state index in [0.717, 1.165) is 12.1 Å². The number of hydrogen-bond acceptors (Lipinski definition) is 3. The van der Waals surface area contributed by atoms with Gasteiger partial charge in [0.1, 0.15) is 0 Å². The van der Waals surface area contributed by atoms with Gasteiger partial charge >= 0.3 is 0 Å². The summed E-state index contributed by atoms with van der Waals surface area (Å²) in [6, 6.07) is 1.61. The monoisotopic (exact) mass is 202 g/mol. The minimum Gasteiger partial charge on any atom is -0.397 e. The summed E-state index contributed by atoms with van der Waals surface area (Å²) in [6.07, 6.45) is 0. The van der Waals surface area contributed by atoms with Crippen molar-refractivity contribution in [2.45, 2.75) is 13.0 Å². The molecule has 4 N–H and O–H groups in total. The lowest BCUT2D eigenvalue weighted by atomic mass is 10.2. The third-order valence-electron chi connectivity index (χ3n) is 1.77. The van der Waals surface area contributed by atoms with Crippen molar-refractivity contribution in [2.24, 2.45) is 0 Å². The molecule has 1 aromatic carbocycles. The largest absolute Gasteiger partial charge is 0.397 e. The van der Waals surface area contributed by atoms with E-state index in [0.29, 0.717) is 0 Å². The molecule has 0 aliphatic rings. The van der Waals surface area contributed by atoms with E-state index in [1.54, 1.807) is 6.92 Å². The molecule has 0 saturated heterocycles. The fourth-order valence-electron chi connectivity index (χ4n) is 0.998. The topological polar surface area (TPSA) is 58.3 Å². The standard InChI is InChI=1S/C9H12F2N2O/c1-5(4-14)13-9-3-7(11)6(10)2-8(9)12/h2-3,5,13-14H,4,12H2,1H3. The molecule has 0 aliphatic heterocycles. The molecule has 0 spiro atoms. The molecule has 3 nitrogen and oxygen atoms in total. The predicted octanol–water partition coefficient (Wildman–Crippen LogP) is 1.34. The molecule has 0 bridgehead atoms. The fourth-order valence-corrected chi connectivity index (χ4v) is 0.998. The van der Waals surface area contributed by atoms with Gasteiger partial charge in [-0.2, -0.15) is 0 Å². The number of hydrogen-bond donors (Lipinski definition) is 3. The van der Waals surface area contributed by atoms with Crippen molar-refractivity contribution in [1.82, 2.24) is 0 Å². The van der Waals surface area contributed by atoms with Crippen LogP contribution in [0.1, 0.15) is 6.92 Å². The van der Waals surface area contributed by atoms with Crippen LogP contribution in [0, 0.1) is 11.6 Å². The van der Waals surface area contributed by atoms with Crippen LogP contribution in [0.5, 0.6) is 0 Å². The summed E-state index contributed by atoms with van der Waals surface area (Å²) in [5.74, 6) is -1.95. The fraction of sp³-hybridized carbons (Fsp3) is 0.333. The Bertz CT molecular complexity index is 331. The maximum absolute atomic E-state index is 12.8. The van der Waals surface area contributed by atoms with Crippen molar-refractivity contribution < 1.29 is 13.9 Å². The molecule has 0 amide bonds. The number of nitrogen functional groups attached to an aromatic ring is 1. The molecular weight excluding hydrogens is 190 g/mol. The lowest BCUT2D eigenvalue weighted by Gasteiger charge is -2.14. The molecule has 1 atom stereocenters. The Labute approximate surface area is 80.5 Å². The van der Waals surface area contributed by atoms with E-state index < -0.39 is 11.6 Å². The van der Waals surface area contributed by atoms with Gasteiger partial charge in [-0.3, -0.25) is 0 Å². The third-order valence-corrected chi connectivity index (χ3v) is 1.77. The highest BCUT2D eigenvalue weighted by molar-refractivity contribution is 5.66. The highest BCUT2D eigenvalue weighted by atomic mass is 19.2. The number of anilines is 2. The van der Waals surface area contributed by atoms with E-state index in [-0.39, 0.29) is 24.0 Å². The average Bonchev–Trinajstić information content (AvgIpc) is 2.14. The van der Waals surface area contributed by atoms with Crippen LogP contribution < -0.4 is 11.1 Å². The first kappa shape index (κ1) is 10.7. The summed E-state index contributed by atoms with van der Waals surface area (Å²) < 4.78 is 25.4. The summed E-state index contributed by atoms with van der Waals surface area (Å²) in [6.45, 7) is 1.58. The van der Waals surface area contributed by atoms with Crippen LogP contribution in [0.4, 0.5) is 20.2 Å². The van der Waals surface area contributed by atoms with E-state index in [1.807, 2.05) is 0 Å². The summed E-state index contributed by atoms with van der Waals surface area (Å²) in [5.41, 5.74) is 5.84. The molecule has 0 radical (unpaired) electrons. The number of halogens is 2. The van der Waals surface area contributed by atoms with Gasteiger partial charge in [0.15, 0.2) is 11.6 Å². The molecule has 78 valence electrons. The molecule has 14 heavy (non-hydrogen) atoms. The van der Waals surface area contributed by atoms with Gasteiger partial charge in [0, 0.05) is 18.2 Å². The van der Waals surface area contributed by atoms with Crippen LogP contribution in [-0.2, 0) is 0 Å². The second kappa shape index (κ2) is 4.23. The van der Waals surface area contributed by atoms with Crippen LogP contribution in [0.15, 0.2) is 12.1 Å². The van der Waals surface area contributed by atoms with Gasteiger partial charge in [-0.05, 0) is 6.92 Å². The van der Waals surface area contributed by atoms with Crippen LogP contribution in [0.3, 0.4) is 0 Å². The smallest absolute Gasteiger partial charge is 0.161 e. The molecule has 1 unspecified atom stereocenters. The summed E-state index contributed by atoms with van der Waals surface area (Å²) >= 11 is 0. The number of nitrogens with two attached hydrogens (primary N) is 1.